The minimum atomic E-state index is -0.709. The topological polar surface area (TPSA) is 36.9 Å². The molecule has 2 aliphatic rings. The Balaban J connectivity index is 2.24. The standard InChI is InChI=1S/C12H20Cl2O4/c1-11(2)15-7(5-13)10-9(17-11)8(6-14)16-12(3,4)18-10/h7-10H,5-6H2,1-4H3/t7-,8-,9-,10+/m0/s1. The van der Waals surface area contributed by atoms with Gasteiger partial charge in [-0.15, -0.1) is 23.2 Å². The van der Waals surface area contributed by atoms with Gasteiger partial charge in [0.1, 0.15) is 24.4 Å². The van der Waals surface area contributed by atoms with E-state index in [9.17, 15) is 0 Å². The minimum Gasteiger partial charge on any atom is -0.343 e. The third kappa shape index (κ3) is 2.94. The van der Waals surface area contributed by atoms with Crippen LogP contribution in [0.3, 0.4) is 0 Å². The maximum atomic E-state index is 5.98. The maximum absolute atomic E-state index is 5.98. The molecule has 0 aliphatic carbocycles. The lowest BCUT2D eigenvalue weighted by Crippen LogP contribution is -2.66. The summed E-state index contributed by atoms with van der Waals surface area (Å²) in [7, 11) is 0. The average Bonchev–Trinajstić information content (AvgIpc) is 2.26. The minimum absolute atomic E-state index is 0.227. The lowest BCUT2D eigenvalue weighted by molar-refractivity contribution is -0.417. The highest BCUT2D eigenvalue weighted by molar-refractivity contribution is 6.18. The van der Waals surface area contributed by atoms with E-state index < -0.39 is 11.6 Å². The zero-order valence-electron chi connectivity index (χ0n) is 11.1. The maximum Gasteiger partial charge on any atom is 0.163 e. The second-order valence-electron chi connectivity index (χ2n) is 5.59. The van der Waals surface area contributed by atoms with E-state index in [1.807, 2.05) is 27.7 Å². The van der Waals surface area contributed by atoms with Gasteiger partial charge < -0.3 is 18.9 Å². The molecule has 4 atom stereocenters. The Morgan fingerprint density at radius 3 is 1.33 bits per heavy atom. The molecule has 0 aromatic rings. The summed E-state index contributed by atoms with van der Waals surface area (Å²) in [6, 6.07) is 0. The van der Waals surface area contributed by atoms with Gasteiger partial charge in [-0.2, -0.15) is 0 Å². The van der Waals surface area contributed by atoms with Crippen LogP contribution in [0.25, 0.3) is 0 Å². The van der Waals surface area contributed by atoms with E-state index in [1.165, 1.54) is 0 Å². The lowest BCUT2D eigenvalue weighted by atomic mass is 9.99. The van der Waals surface area contributed by atoms with Crippen LogP contribution < -0.4 is 0 Å². The Hall–Kier alpha value is 0.420. The van der Waals surface area contributed by atoms with Crippen molar-refractivity contribution in [2.24, 2.45) is 0 Å². The van der Waals surface area contributed by atoms with E-state index in [-0.39, 0.29) is 24.4 Å². The number of halogens is 2. The van der Waals surface area contributed by atoms with Gasteiger partial charge in [0.05, 0.1) is 11.8 Å². The van der Waals surface area contributed by atoms with Gasteiger partial charge >= 0.3 is 0 Å². The van der Waals surface area contributed by atoms with Crippen molar-refractivity contribution >= 4 is 23.2 Å². The molecular weight excluding hydrogens is 279 g/mol. The number of hydrogen-bond donors (Lipinski definition) is 0. The van der Waals surface area contributed by atoms with E-state index in [0.717, 1.165) is 0 Å². The second-order valence-corrected chi connectivity index (χ2v) is 6.20. The van der Waals surface area contributed by atoms with Crippen LogP contribution in [0.2, 0.25) is 0 Å². The molecule has 2 aliphatic heterocycles. The highest BCUT2D eigenvalue weighted by Gasteiger charge is 2.53. The molecule has 2 heterocycles. The van der Waals surface area contributed by atoms with Gasteiger partial charge in [-0.3, -0.25) is 0 Å². The van der Waals surface area contributed by atoms with Crippen molar-refractivity contribution in [2.45, 2.75) is 63.7 Å². The van der Waals surface area contributed by atoms with E-state index in [0.29, 0.717) is 11.8 Å². The van der Waals surface area contributed by atoms with Gasteiger partial charge in [0.2, 0.25) is 0 Å². The molecule has 0 N–H and O–H groups in total. The third-order valence-electron chi connectivity index (χ3n) is 3.07. The molecule has 0 spiro atoms. The summed E-state index contributed by atoms with van der Waals surface area (Å²) < 4.78 is 23.4. The molecule has 2 saturated heterocycles. The van der Waals surface area contributed by atoms with E-state index in [4.69, 9.17) is 42.1 Å². The molecule has 0 saturated carbocycles. The van der Waals surface area contributed by atoms with Crippen LogP contribution in [-0.4, -0.2) is 47.8 Å². The largest absolute Gasteiger partial charge is 0.343 e. The van der Waals surface area contributed by atoms with Gasteiger partial charge in [-0.05, 0) is 27.7 Å². The molecule has 0 aromatic heterocycles. The van der Waals surface area contributed by atoms with Gasteiger partial charge in [0.25, 0.3) is 0 Å². The van der Waals surface area contributed by atoms with E-state index >= 15 is 0 Å². The van der Waals surface area contributed by atoms with Crippen molar-refractivity contribution in [2.75, 3.05) is 11.8 Å². The van der Waals surface area contributed by atoms with Crippen molar-refractivity contribution in [3.05, 3.63) is 0 Å². The number of alkyl halides is 2. The van der Waals surface area contributed by atoms with Gasteiger partial charge in [-0.25, -0.2) is 0 Å². The Bertz CT molecular complexity index is 278. The predicted molar refractivity (Wildman–Crippen MR) is 69.1 cm³/mol. The lowest BCUT2D eigenvalue weighted by Gasteiger charge is -2.53. The van der Waals surface area contributed by atoms with Crippen LogP contribution in [0.1, 0.15) is 27.7 Å². The highest BCUT2D eigenvalue weighted by atomic mass is 35.5. The van der Waals surface area contributed by atoms with Gasteiger partial charge in [-0.1, -0.05) is 0 Å². The molecule has 106 valence electrons. The summed E-state index contributed by atoms with van der Waals surface area (Å²) >= 11 is 12.0. The summed E-state index contributed by atoms with van der Waals surface area (Å²) in [5.41, 5.74) is 0. The Labute approximate surface area is 118 Å². The Kier molecular flexibility index (Phi) is 4.18. The first-order chi connectivity index (χ1) is 8.28. The van der Waals surface area contributed by atoms with Crippen LogP contribution in [-0.2, 0) is 18.9 Å². The first kappa shape index (κ1) is 14.8. The molecule has 0 bridgehead atoms. The number of fused-ring (bicyclic) bond motifs is 1. The zero-order chi connectivity index (χ0) is 13.6. The zero-order valence-corrected chi connectivity index (χ0v) is 12.6. The number of hydrogen-bond acceptors (Lipinski definition) is 4. The van der Waals surface area contributed by atoms with Crippen molar-refractivity contribution in [1.29, 1.82) is 0 Å². The third-order valence-corrected chi connectivity index (χ3v) is 3.68. The Morgan fingerprint density at radius 2 is 1.06 bits per heavy atom. The van der Waals surface area contributed by atoms with Crippen molar-refractivity contribution in [3.63, 3.8) is 0 Å². The van der Waals surface area contributed by atoms with Crippen molar-refractivity contribution in [3.8, 4) is 0 Å². The molecule has 2 fully saturated rings. The van der Waals surface area contributed by atoms with Gasteiger partial charge in [0, 0.05) is 0 Å². The van der Waals surface area contributed by atoms with E-state index in [2.05, 4.69) is 0 Å². The summed E-state index contributed by atoms with van der Waals surface area (Å²) in [5.74, 6) is -0.726. The van der Waals surface area contributed by atoms with Crippen LogP contribution in [0.4, 0.5) is 0 Å². The first-order valence-corrected chi connectivity index (χ1v) is 7.18. The quantitative estimate of drug-likeness (QED) is 0.734. The molecular formula is C12H20Cl2O4. The fraction of sp³-hybridized carbons (Fsp3) is 1.00. The fourth-order valence-corrected chi connectivity index (χ4v) is 3.00. The molecule has 0 amide bonds. The van der Waals surface area contributed by atoms with Crippen molar-refractivity contribution < 1.29 is 18.9 Å². The number of rotatable bonds is 2. The molecule has 0 radical (unpaired) electrons. The monoisotopic (exact) mass is 298 g/mol. The average molecular weight is 299 g/mol. The Morgan fingerprint density at radius 1 is 0.722 bits per heavy atom. The summed E-state index contributed by atoms with van der Waals surface area (Å²) in [6.07, 6.45) is -0.977. The fourth-order valence-electron chi connectivity index (χ4n) is 2.52. The van der Waals surface area contributed by atoms with Crippen LogP contribution in [0.15, 0.2) is 0 Å². The molecule has 2 rings (SSSR count). The summed E-state index contributed by atoms with van der Waals surface area (Å²) in [5, 5.41) is 0. The number of ether oxygens (including phenoxy) is 4. The normalized spacial score (nSPS) is 42.3. The molecule has 6 heteroatoms. The van der Waals surface area contributed by atoms with Crippen LogP contribution >= 0.6 is 23.2 Å². The van der Waals surface area contributed by atoms with Crippen LogP contribution in [0.5, 0.6) is 0 Å². The summed E-state index contributed by atoms with van der Waals surface area (Å²) in [6.45, 7) is 7.42. The first-order valence-electron chi connectivity index (χ1n) is 6.11. The highest BCUT2D eigenvalue weighted by Crippen LogP contribution is 2.38. The molecule has 0 unspecified atom stereocenters. The van der Waals surface area contributed by atoms with Gasteiger partial charge in [0.15, 0.2) is 11.6 Å². The molecule has 4 nitrogen and oxygen atoms in total. The predicted octanol–water partition coefficient (Wildman–Crippen LogP) is 2.50. The smallest absolute Gasteiger partial charge is 0.163 e. The second kappa shape index (κ2) is 5.08. The molecule has 0 aromatic carbocycles. The van der Waals surface area contributed by atoms with Crippen LogP contribution in [0, 0.1) is 0 Å². The van der Waals surface area contributed by atoms with E-state index in [1.54, 1.807) is 0 Å². The summed E-state index contributed by atoms with van der Waals surface area (Å²) in [4.78, 5) is 0. The SMILES string of the molecule is CC1(C)O[C@H]2[C@@H](OC(C)(C)O[C@H]2CCl)[C@H](CCl)O1. The van der Waals surface area contributed by atoms with Crippen molar-refractivity contribution in [1.82, 2.24) is 0 Å². The molecule has 18 heavy (non-hydrogen) atoms.